The van der Waals surface area contributed by atoms with Crippen LogP contribution < -0.4 is 14.8 Å². The smallest absolute Gasteiger partial charge is 0.234 e. The molecule has 0 unspecified atom stereocenters. The lowest BCUT2D eigenvalue weighted by Gasteiger charge is -2.10. The van der Waals surface area contributed by atoms with Gasteiger partial charge in [-0.25, -0.2) is 4.98 Å². The third kappa shape index (κ3) is 5.50. The highest BCUT2D eigenvalue weighted by Crippen LogP contribution is 2.25. The molecule has 0 saturated carbocycles. The van der Waals surface area contributed by atoms with Gasteiger partial charge in [-0.1, -0.05) is 35.5 Å². The monoisotopic (exact) mass is 398 g/mol. The van der Waals surface area contributed by atoms with Crippen LogP contribution in [0, 0.1) is 13.8 Å². The van der Waals surface area contributed by atoms with Crippen LogP contribution in [0.4, 0.5) is 5.69 Å². The first-order chi connectivity index (χ1) is 13.5. The molecule has 146 valence electrons. The van der Waals surface area contributed by atoms with Gasteiger partial charge in [-0.3, -0.25) is 9.89 Å². The molecule has 2 aromatic carbocycles. The van der Waals surface area contributed by atoms with Gasteiger partial charge in [0, 0.05) is 0 Å². The summed E-state index contributed by atoms with van der Waals surface area (Å²) in [6, 6.07) is 13.4. The number of aromatic amines is 1. The van der Waals surface area contributed by atoms with Gasteiger partial charge in [-0.15, -0.1) is 5.10 Å². The molecule has 0 saturated heterocycles. The molecular weight excluding hydrogens is 376 g/mol. The Bertz CT molecular complexity index is 941. The number of thioether (sulfide) groups is 1. The number of methoxy groups -OCH3 is 1. The van der Waals surface area contributed by atoms with Crippen LogP contribution in [0.1, 0.15) is 17.0 Å². The lowest BCUT2D eigenvalue weighted by atomic mass is 10.2. The van der Waals surface area contributed by atoms with E-state index in [4.69, 9.17) is 9.47 Å². The number of hydrogen-bond donors (Lipinski definition) is 2. The normalized spacial score (nSPS) is 10.5. The van der Waals surface area contributed by atoms with Gasteiger partial charge in [0.25, 0.3) is 0 Å². The first-order valence-corrected chi connectivity index (χ1v) is 9.70. The van der Waals surface area contributed by atoms with Crippen molar-refractivity contribution in [3.63, 3.8) is 0 Å². The van der Waals surface area contributed by atoms with Crippen LogP contribution >= 0.6 is 11.8 Å². The highest BCUT2D eigenvalue weighted by Gasteiger charge is 2.11. The zero-order valence-corrected chi connectivity index (χ0v) is 16.8. The van der Waals surface area contributed by atoms with Crippen LogP contribution in [0.15, 0.2) is 47.6 Å². The number of amides is 1. The second kappa shape index (κ2) is 9.27. The molecule has 3 rings (SSSR count). The third-order valence-corrected chi connectivity index (χ3v) is 4.72. The number of aryl methyl sites for hydroxylation is 2. The van der Waals surface area contributed by atoms with E-state index in [0.29, 0.717) is 22.4 Å². The summed E-state index contributed by atoms with van der Waals surface area (Å²) < 4.78 is 10.9. The molecule has 0 bridgehead atoms. The predicted molar refractivity (Wildman–Crippen MR) is 109 cm³/mol. The van der Waals surface area contributed by atoms with E-state index in [1.165, 1.54) is 17.3 Å². The summed E-state index contributed by atoms with van der Waals surface area (Å²) in [5.41, 5.74) is 2.86. The summed E-state index contributed by atoms with van der Waals surface area (Å²) in [4.78, 5) is 16.6. The Balaban J connectivity index is 1.49. The third-order valence-electron chi connectivity index (χ3n) is 3.87. The number of carbonyl (C=O) groups is 1. The number of carbonyl (C=O) groups excluding carboxylic acids is 1. The highest BCUT2D eigenvalue weighted by atomic mass is 32.2. The lowest BCUT2D eigenvalue weighted by Crippen LogP contribution is -2.15. The molecule has 0 aliphatic carbocycles. The maximum absolute atomic E-state index is 12.2. The van der Waals surface area contributed by atoms with Crippen molar-refractivity contribution >= 4 is 23.4 Å². The fraction of sp³-hybridized carbons (Fsp3) is 0.250. The minimum atomic E-state index is -0.156. The molecule has 0 aliphatic rings. The first-order valence-electron chi connectivity index (χ1n) is 8.71. The summed E-state index contributed by atoms with van der Waals surface area (Å²) in [7, 11) is 1.57. The quantitative estimate of drug-likeness (QED) is 0.562. The van der Waals surface area contributed by atoms with Crippen molar-refractivity contribution in [1.29, 1.82) is 0 Å². The molecule has 2 N–H and O–H groups in total. The Labute approximate surface area is 167 Å². The maximum atomic E-state index is 12.2. The van der Waals surface area contributed by atoms with Gasteiger partial charge in [-0.2, -0.15) is 0 Å². The van der Waals surface area contributed by atoms with Crippen molar-refractivity contribution in [3.05, 3.63) is 59.4 Å². The van der Waals surface area contributed by atoms with Crippen LogP contribution in [0.3, 0.4) is 0 Å². The van der Waals surface area contributed by atoms with E-state index in [-0.39, 0.29) is 18.3 Å². The predicted octanol–water partition coefficient (Wildman–Crippen LogP) is 3.74. The Morgan fingerprint density at radius 3 is 2.64 bits per heavy atom. The van der Waals surface area contributed by atoms with E-state index < -0.39 is 0 Å². The number of rotatable bonds is 8. The summed E-state index contributed by atoms with van der Waals surface area (Å²) in [6.07, 6.45) is 0. The molecular formula is C20H22N4O3S. The van der Waals surface area contributed by atoms with Crippen LogP contribution in [0.2, 0.25) is 0 Å². The van der Waals surface area contributed by atoms with Gasteiger partial charge in [0.1, 0.15) is 18.1 Å². The molecule has 1 heterocycles. The second-order valence-corrected chi connectivity index (χ2v) is 7.15. The molecule has 7 nitrogen and oxygen atoms in total. The van der Waals surface area contributed by atoms with Crippen LogP contribution in [0.5, 0.6) is 11.5 Å². The Morgan fingerprint density at radius 2 is 1.89 bits per heavy atom. The summed E-state index contributed by atoms with van der Waals surface area (Å²) in [5, 5.41) is 10.3. The van der Waals surface area contributed by atoms with Crippen molar-refractivity contribution in [2.75, 3.05) is 18.2 Å². The topological polar surface area (TPSA) is 89.1 Å². The van der Waals surface area contributed by atoms with Crippen molar-refractivity contribution in [2.45, 2.75) is 25.6 Å². The number of benzene rings is 2. The number of ether oxygens (including phenoxy) is 2. The van der Waals surface area contributed by atoms with Crippen molar-refractivity contribution in [1.82, 2.24) is 15.2 Å². The van der Waals surface area contributed by atoms with Gasteiger partial charge >= 0.3 is 0 Å². The molecule has 1 amide bonds. The van der Waals surface area contributed by atoms with Gasteiger partial charge in [0.05, 0.1) is 18.6 Å². The SMILES string of the molecule is COc1ccc(C)cc1NC(=O)CSc1n[nH]c(COc2ccc(C)cc2)n1. The Hall–Kier alpha value is -3.00. The molecule has 0 spiro atoms. The molecule has 0 aliphatic heterocycles. The molecule has 1 aromatic heterocycles. The number of anilines is 1. The van der Waals surface area contributed by atoms with Crippen LogP contribution in [-0.4, -0.2) is 34.0 Å². The number of aromatic nitrogens is 3. The Morgan fingerprint density at radius 1 is 1.14 bits per heavy atom. The van der Waals surface area contributed by atoms with Crippen LogP contribution in [0.25, 0.3) is 0 Å². The standard InChI is InChI=1S/C20H22N4O3S/c1-13-4-7-15(8-5-13)27-11-18-22-20(24-23-18)28-12-19(25)21-16-10-14(2)6-9-17(16)26-3/h4-10H,11-12H2,1-3H3,(H,21,25)(H,22,23,24). The second-order valence-electron chi connectivity index (χ2n) is 6.21. The number of nitrogens with zero attached hydrogens (tertiary/aromatic N) is 2. The average Bonchev–Trinajstić information content (AvgIpc) is 3.14. The summed E-state index contributed by atoms with van der Waals surface area (Å²) in [6.45, 7) is 4.26. The van der Waals surface area contributed by atoms with Crippen molar-refractivity contribution in [3.8, 4) is 11.5 Å². The fourth-order valence-electron chi connectivity index (χ4n) is 2.43. The zero-order valence-electron chi connectivity index (χ0n) is 16.0. The largest absolute Gasteiger partial charge is 0.495 e. The van der Waals surface area contributed by atoms with Gasteiger partial charge < -0.3 is 14.8 Å². The van der Waals surface area contributed by atoms with Gasteiger partial charge in [0.2, 0.25) is 11.1 Å². The highest BCUT2D eigenvalue weighted by molar-refractivity contribution is 7.99. The molecule has 0 fully saturated rings. The van der Waals surface area contributed by atoms with Crippen LogP contribution in [-0.2, 0) is 11.4 Å². The van der Waals surface area contributed by atoms with Crippen molar-refractivity contribution < 1.29 is 14.3 Å². The van der Waals surface area contributed by atoms with E-state index in [2.05, 4.69) is 20.5 Å². The van der Waals surface area contributed by atoms with E-state index in [1.54, 1.807) is 7.11 Å². The fourth-order valence-corrected chi connectivity index (χ4v) is 3.05. The molecule has 0 radical (unpaired) electrons. The zero-order chi connectivity index (χ0) is 19.9. The summed E-state index contributed by atoms with van der Waals surface area (Å²) in [5.74, 6) is 2.02. The molecule has 0 atom stereocenters. The molecule has 3 aromatic rings. The number of H-pyrrole nitrogens is 1. The van der Waals surface area contributed by atoms with E-state index >= 15 is 0 Å². The molecule has 28 heavy (non-hydrogen) atoms. The summed E-state index contributed by atoms with van der Waals surface area (Å²) >= 11 is 1.25. The van der Waals surface area contributed by atoms with Gasteiger partial charge in [0.15, 0.2) is 5.82 Å². The number of nitrogens with one attached hydrogen (secondary N) is 2. The molecule has 8 heteroatoms. The van der Waals surface area contributed by atoms with E-state index in [1.807, 2.05) is 56.3 Å². The van der Waals surface area contributed by atoms with E-state index in [9.17, 15) is 4.79 Å². The van der Waals surface area contributed by atoms with Crippen molar-refractivity contribution in [2.24, 2.45) is 0 Å². The van der Waals surface area contributed by atoms with E-state index in [0.717, 1.165) is 11.3 Å². The average molecular weight is 398 g/mol. The minimum absolute atomic E-state index is 0.156. The first kappa shape index (κ1) is 19.8. The minimum Gasteiger partial charge on any atom is -0.495 e. The maximum Gasteiger partial charge on any atom is 0.234 e. The number of hydrogen-bond acceptors (Lipinski definition) is 6. The Kier molecular flexibility index (Phi) is 6.54. The van der Waals surface area contributed by atoms with Gasteiger partial charge in [-0.05, 0) is 43.7 Å². The lowest BCUT2D eigenvalue weighted by molar-refractivity contribution is -0.113.